The molecule has 0 spiro atoms. The molecule has 1 unspecified atom stereocenters. The van der Waals surface area contributed by atoms with E-state index < -0.39 is 0 Å². The van der Waals surface area contributed by atoms with E-state index in [1.165, 1.54) is 23.5 Å². The van der Waals surface area contributed by atoms with Gasteiger partial charge in [-0.1, -0.05) is 0 Å². The molecule has 2 aromatic rings. The van der Waals surface area contributed by atoms with Gasteiger partial charge < -0.3 is 10.5 Å². The lowest BCUT2D eigenvalue weighted by atomic mass is 10.1. The van der Waals surface area contributed by atoms with Crippen LogP contribution in [-0.2, 0) is 13.0 Å². The summed E-state index contributed by atoms with van der Waals surface area (Å²) in [6, 6.07) is 4.49. The summed E-state index contributed by atoms with van der Waals surface area (Å²) in [4.78, 5) is 5.01. The van der Waals surface area contributed by atoms with E-state index in [2.05, 4.69) is 4.98 Å². The molecular formula is C13H15FN2OS. The van der Waals surface area contributed by atoms with Crippen molar-refractivity contribution in [3.05, 3.63) is 46.2 Å². The molecule has 2 rings (SSSR count). The van der Waals surface area contributed by atoms with Crippen LogP contribution < -0.4 is 10.5 Å². The summed E-state index contributed by atoms with van der Waals surface area (Å²) in [5.74, 6) is 0.415. The number of benzene rings is 1. The van der Waals surface area contributed by atoms with Gasteiger partial charge in [0.2, 0.25) is 0 Å². The van der Waals surface area contributed by atoms with Gasteiger partial charge >= 0.3 is 0 Å². The molecule has 0 radical (unpaired) electrons. The number of aromatic nitrogens is 1. The molecule has 18 heavy (non-hydrogen) atoms. The first-order valence-electron chi connectivity index (χ1n) is 5.69. The fourth-order valence-corrected chi connectivity index (χ4v) is 2.16. The molecule has 1 heterocycles. The smallest absolute Gasteiger partial charge is 0.124 e. The van der Waals surface area contributed by atoms with E-state index >= 15 is 0 Å². The van der Waals surface area contributed by atoms with Crippen LogP contribution in [0.25, 0.3) is 0 Å². The quantitative estimate of drug-likeness (QED) is 0.905. The Labute approximate surface area is 109 Å². The van der Waals surface area contributed by atoms with E-state index in [0.717, 1.165) is 10.4 Å². The highest BCUT2D eigenvalue weighted by Crippen LogP contribution is 2.22. The minimum atomic E-state index is -0.268. The van der Waals surface area contributed by atoms with Crippen molar-refractivity contribution < 1.29 is 9.13 Å². The minimum Gasteiger partial charge on any atom is -0.488 e. The van der Waals surface area contributed by atoms with Gasteiger partial charge in [0.15, 0.2) is 0 Å². The first kappa shape index (κ1) is 13.0. The van der Waals surface area contributed by atoms with E-state index in [0.29, 0.717) is 18.8 Å². The molecule has 0 saturated heterocycles. The van der Waals surface area contributed by atoms with Crippen molar-refractivity contribution in [2.45, 2.75) is 26.0 Å². The second kappa shape index (κ2) is 5.93. The van der Waals surface area contributed by atoms with Crippen LogP contribution in [0.2, 0.25) is 0 Å². The Morgan fingerprint density at radius 2 is 2.33 bits per heavy atom. The molecule has 1 aromatic heterocycles. The Hall–Kier alpha value is -1.46. The predicted molar refractivity (Wildman–Crippen MR) is 70.2 cm³/mol. The molecule has 0 bridgehead atoms. The summed E-state index contributed by atoms with van der Waals surface area (Å²) in [5.41, 5.74) is 8.30. The monoisotopic (exact) mass is 266 g/mol. The standard InChI is InChI=1S/C13H15FN2OS/c1-9(15)4-10-5-11(14)2-3-13(10)17-7-12-6-16-8-18-12/h2-3,5-6,8-9H,4,7,15H2,1H3. The van der Waals surface area contributed by atoms with Crippen LogP contribution in [0.4, 0.5) is 4.39 Å². The van der Waals surface area contributed by atoms with Crippen molar-refractivity contribution >= 4 is 11.3 Å². The van der Waals surface area contributed by atoms with Crippen molar-refractivity contribution in [3.8, 4) is 5.75 Å². The Balaban J connectivity index is 2.10. The molecule has 0 fully saturated rings. The van der Waals surface area contributed by atoms with Crippen molar-refractivity contribution in [2.75, 3.05) is 0 Å². The van der Waals surface area contributed by atoms with Gasteiger partial charge in [0.1, 0.15) is 18.2 Å². The molecule has 0 aliphatic carbocycles. The number of rotatable bonds is 5. The molecule has 96 valence electrons. The van der Waals surface area contributed by atoms with Gasteiger partial charge in [0, 0.05) is 12.2 Å². The number of hydrogen-bond donors (Lipinski definition) is 1. The average molecular weight is 266 g/mol. The maximum absolute atomic E-state index is 13.2. The van der Waals surface area contributed by atoms with Crippen LogP contribution >= 0.6 is 11.3 Å². The maximum atomic E-state index is 13.2. The zero-order valence-electron chi connectivity index (χ0n) is 10.1. The van der Waals surface area contributed by atoms with E-state index in [-0.39, 0.29) is 11.9 Å². The van der Waals surface area contributed by atoms with Crippen LogP contribution in [-0.4, -0.2) is 11.0 Å². The van der Waals surface area contributed by atoms with Crippen LogP contribution in [0, 0.1) is 5.82 Å². The third-order valence-corrected chi connectivity index (χ3v) is 3.17. The van der Waals surface area contributed by atoms with Gasteiger partial charge in [-0.15, -0.1) is 11.3 Å². The van der Waals surface area contributed by atoms with E-state index in [1.807, 2.05) is 6.92 Å². The topological polar surface area (TPSA) is 48.1 Å². The molecule has 0 amide bonds. The number of halogens is 1. The normalized spacial score (nSPS) is 12.4. The fraction of sp³-hybridized carbons (Fsp3) is 0.308. The molecule has 5 heteroatoms. The van der Waals surface area contributed by atoms with Gasteiger partial charge in [-0.2, -0.15) is 0 Å². The van der Waals surface area contributed by atoms with E-state index in [4.69, 9.17) is 10.5 Å². The second-order valence-electron chi connectivity index (χ2n) is 4.19. The highest BCUT2D eigenvalue weighted by molar-refractivity contribution is 7.09. The summed E-state index contributed by atoms with van der Waals surface area (Å²) in [6.07, 6.45) is 2.36. The molecule has 3 nitrogen and oxygen atoms in total. The lowest BCUT2D eigenvalue weighted by Gasteiger charge is -2.12. The van der Waals surface area contributed by atoms with Gasteiger partial charge in [-0.25, -0.2) is 4.39 Å². The molecule has 1 aromatic carbocycles. The third kappa shape index (κ3) is 3.51. The lowest BCUT2D eigenvalue weighted by Crippen LogP contribution is -2.18. The maximum Gasteiger partial charge on any atom is 0.124 e. The predicted octanol–water partition coefficient (Wildman–Crippen LogP) is 2.75. The average Bonchev–Trinajstić information content (AvgIpc) is 2.80. The molecule has 1 atom stereocenters. The van der Waals surface area contributed by atoms with Gasteiger partial charge in [-0.3, -0.25) is 4.98 Å². The number of nitrogens with zero attached hydrogens (tertiary/aromatic N) is 1. The van der Waals surface area contributed by atoms with Crippen LogP contribution in [0.5, 0.6) is 5.75 Å². The summed E-state index contributed by atoms with van der Waals surface area (Å²) in [5, 5.41) is 0. The Morgan fingerprint density at radius 1 is 1.50 bits per heavy atom. The fourth-order valence-electron chi connectivity index (χ4n) is 1.66. The first-order valence-corrected chi connectivity index (χ1v) is 6.57. The zero-order chi connectivity index (χ0) is 13.0. The molecular weight excluding hydrogens is 251 g/mol. The highest BCUT2D eigenvalue weighted by atomic mass is 32.1. The Kier molecular flexibility index (Phi) is 4.28. The molecule has 2 N–H and O–H groups in total. The van der Waals surface area contributed by atoms with Crippen LogP contribution in [0.15, 0.2) is 29.9 Å². The lowest BCUT2D eigenvalue weighted by molar-refractivity contribution is 0.305. The molecule has 0 saturated carbocycles. The van der Waals surface area contributed by atoms with Crippen molar-refractivity contribution in [3.63, 3.8) is 0 Å². The minimum absolute atomic E-state index is 0.0300. The van der Waals surface area contributed by atoms with Crippen molar-refractivity contribution in [2.24, 2.45) is 5.73 Å². The number of thiazole rings is 1. The molecule has 0 aliphatic heterocycles. The Bertz CT molecular complexity index is 500. The van der Waals surface area contributed by atoms with E-state index in [1.54, 1.807) is 17.8 Å². The summed E-state index contributed by atoms with van der Waals surface area (Å²) in [6.45, 7) is 2.33. The van der Waals surface area contributed by atoms with Crippen LogP contribution in [0.1, 0.15) is 17.4 Å². The largest absolute Gasteiger partial charge is 0.488 e. The molecule has 0 aliphatic rings. The second-order valence-corrected chi connectivity index (χ2v) is 5.16. The van der Waals surface area contributed by atoms with Gasteiger partial charge in [-0.05, 0) is 37.1 Å². The third-order valence-electron chi connectivity index (χ3n) is 2.42. The number of ether oxygens (including phenoxy) is 1. The number of hydrogen-bond acceptors (Lipinski definition) is 4. The van der Waals surface area contributed by atoms with Gasteiger partial charge in [0.25, 0.3) is 0 Å². The van der Waals surface area contributed by atoms with Crippen molar-refractivity contribution in [1.82, 2.24) is 4.98 Å². The van der Waals surface area contributed by atoms with Crippen molar-refractivity contribution in [1.29, 1.82) is 0 Å². The van der Waals surface area contributed by atoms with E-state index in [9.17, 15) is 4.39 Å². The highest BCUT2D eigenvalue weighted by Gasteiger charge is 2.08. The number of nitrogens with two attached hydrogens (primary N) is 1. The van der Waals surface area contributed by atoms with Crippen LogP contribution in [0.3, 0.4) is 0 Å². The SMILES string of the molecule is CC(N)Cc1cc(F)ccc1OCc1cncs1. The summed E-state index contributed by atoms with van der Waals surface area (Å²) < 4.78 is 18.9. The first-order chi connectivity index (χ1) is 8.65. The zero-order valence-corrected chi connectivity index (χ0v) is 10.9. The van der Waals surface area contributed by atoms with Gasteiger partial charge in [0.05, 0.1) is 10.4 Å². The summed E-state index contributed by atoms with van der Waals surface area (Å²) in [7, 11) is 0. The summed E-state index contributed by atoms with van der Waals surface area (Å²) >= 11 is 1.53. The Morgan fingerprint density at radius 3 is 3.00 bits per heavy atom.